The Morgan fingerprint density at radius 3 is 1.72 bits per heavy atom. The molecule has 11 heteroatoms. The number of fused-ring (bicyclic) bond motifs is 2. The number of primary sulfonamides is 1. The second-order valence-corrected chi connectivity index (χ2v) is 12.4. The van der Waals surface area contributed by atoms with Gasteiger partial charge >= 0.3 is 0 Å². The van der Waals surface area contributed by atoms with E-state index >= 15 is 0 Å². The third kappa shape index (κ3) is 3.47. The molecule has 0 amide bonds. The third-order valence-corrected chi connectivity index (χ3v) is 9.50. The van der Waals surface area contributed by atoms with Gasteiger partial charge in [0.05, 0.1) is 15.0 Å². The van der Waals surface area contributed by atoms with E-state index in [1.165, 1.54) is 22.7 Å². The van der Waals surface area contributed by atoms with Gasteiger partial charge in [-0.05, 0) is 49.9 Å². The van der Waals surface area contributed by atoms with Gasteiger partial charge in [0.2, 0.25) is 20.0 Å². The topological polar surface area (TPSA) is 132 Å². The predicted octanol–water partition coefficient (Wildman–Crippen LogP) is 0.0627. The van der Waals surface area contributed by atoms with Crippen molar-refractivity contribution >= 4 is 29.9 Å². The number of piperidine rings is 1. The van der Waals surface area contributed by atoms with Gasteiger partial charge in [-0.3, -0.25) is 0 Å². The van der Waals surface area contributed by atoms with Crippen LogP contribution in [0.15, 0.2) is 34.1 Å². The Balaban J connectivity index is 1.92. The van der Waals surface area contributed by atoms with Crippen LogP contribution in [0.4, 0.5) is 0 Å². The quantitative estimate of drug-likeness (QED) is 0.749. The van der Waals surface area contributed by atoms with Crippen LogP contribution in [0.1, 0.15) is 25.7 Å². The highest BCUT2D eigenvalue weighted by Crippen LogP contribution is 2.41. The maximum atomic E-state index is 13.0. The van der Waals surface area contributed by atoms with Crippen molar-refractivity contribution < 1.29 is 25.3 Å². The molecule has 0 aliphatic carbocycles. The molecule has 2 heterocycles. The fourth-order valence-electron chi connectivity index (χ4n) is 3.75. The largest absolute Gasteiger partial charge is 0.243 e. The average Bonchev–Trinajstić information content (AvgIpc) is 2.77. The van der Waals surface area contributed by atoms with Gasteiger partial charge in [-0.2, -0.15) is 4.31 Å². The molecule has 2 N–H and O–H groups in total. The van der Waals surface area contributed by atoms with Gasteiger partial charge in [0.15, 0.2) is 0 Å². The summed E-state index contributed by atoms with van der Waals surface area (Å²) in [7, 11) is -10.9. The standard InChI is InChI=1S/C14H20N2O6S3/c1-23(17,18)14-8-10-2-3-11(9-14)16(10)25(21,22)13-6-4-12(5-7-13)24(15,19)20/h4-7,10-11,14H,2-3,8-9H2,1H3,(H2,15,19,20). The molecule has 2 atom stereocenters. The van der Waals surface area contributed by atoms with Crippen LogP contribution in [0.25, 0.3) is 0 Å². The molecule has 2 saturated heterocycles. The van der Waals surface area contributed by atoms with Gasteiger partial charge in [-0.25, -0.2) is 30.4 Å². The van der Waals surface area contributed by atoms with Crippen molar-refractivity contribution in [1.82, 2.24) is 4.31 Å². The molecular weight excluding hydrogens is 388 g/mol. The van der Waals surface area contributed by atoms with Crippen molar-refractivity contribution in [2.45, 2.75) is 52.8 Å². The lowest BCUT2D eigenvalue weighted by Gasteiger charge is -2.37. The lowest BCUT2D eigenvalue weighted by atomic mass is 10.1. The van der Waals surface area contributed by atoms with E-state index in [1.54, 1.807) is 0 Å². The van der Waals surface area contributed by atoms with Crippen LogP contribution in [0.2, 0.25) is 0 Å². The van der Waals surface area contributed by atoms with E-state index in [0.717, 1.165) is 12.1 Å². The van der Waals surface area contributed by atoms with E-state index in [4.69, 9.17) is 5.14 Å². The monoisotopic (exact) mass is 408 g/mol. The average molecular weight is 409 g/mol. The normalized spacial score (nSPS) is 28.2. The highest BCUT2D eigenvalue weighted by atomic mass is 32.2. The molecule has 0 spiro atoms. The zero-order valence-corrected chi connectivity index (χ0v) is 16.0. The van der Waals surface area contributed by atoms with Crippen molar-refractivity contribution in [1.29, 1.82) is 0 Å². The molecule has 140 valence electrons. The van der Waals surface area contributed by atoms with E-state index in [-0.39, 0.29) is 21.9 Å². The van der Waals surface area contributed by atoms with Crippen molar-refractivity contribution in [3.05, 3.63) is 24.3 Å². The molecular formula is C14H20N2O6S3. The molecule has 2 bridgehead atoms. The van der Waals surface area contributed by atoms with E-state index in [0.29, 0.717) is 25.7 Å². The lowest BCUT2D eigenvalue weighted by Crippen LogP contribution is -2.49. The predicted molar refractivity (Wildman–Crippen MR) is 91.5 cm³/mol. The minimum absolute atomic E-state index is 0.0189. The Hall–Kier alpha value is -1.01. The van der Waals surface area contributed by atoms with Crippen molar-refractivity contribution in [2.24, 2.45) is 5.14 Å². The Bertz CT molecular complexity index is 970. The summed E-state index contributed by atoms with van der Waals surface area (Å²) in [5.41, 5.74) is 0. The molecule has 2 aliphatic rings. The number of benzene rings is 1. The maximum Gasteiger partial charge on any atom is 0.243 e. The summed E-state index contributed by atoms with van der Waals surface area (Å²) in [6.07, 6.45) is 3.04. The summed E-state index contributed by atoms with van der Waals surface area (Å²) in [5, 5.41) is 4.51. The SMILES string of the molecule is CS(=O)(=O)C1CC2CCC(C1)N2S(=O)(=O)c1ccc(S(N)(=O)=O)cc1. The Morgan fingerprint density at radius 1 is 0.880 bits per heavy atom. The molecule has 25 heavy (non-hydrogen) atoms. The van der Waals surface area contributed by atoms with Gasteiger partial charge in [0.1, 0.15) is 9.84 Å². The summed E-state index contributed by atoms with van der Waals surface area (Å²) in [5.74, 6) is 0. The fourth-order valence-corrected chi connectivity index (χ4v) is 7.30. The minimum atomic E-state index is -3.90. The number of nitrogens with two attached hydrogens (primary N) is 1. The van der Waals surface area contributed by atoms with Crippen molar-refractivity contribution in [2.75, 3.05) is 6.26 Å². The van der Waals surface area contributed by atoms with E-state index in [9.17, 15) is 25.3 Å². The molecule has 2 aliphatic heterocycles. The van der Waals surface area contributed by atoms with Crippen LogP contribution in [0, 0.1) is 0 Å². The van der Waals surface area contributed by atoms with Crippen LogP contribution in [-0.4, -0.2) is 53.1 Å². The van der Waals surface area contributed by atoms with Gasteiger partial charge < -0.3 is 0 Å². The first-order valence-electron chi connectivity index (χ1n) is 7.76. The summed E-state index contributed by atoms with van der Waals surface area (Å²) < 4.78 is 73.6. The first-order chi connectivity index (χ1) is 11.4. The first-order valence-corrected chi connectivity index (χ1v) is 12.7. The van der Waals surface area contributed by atoms with Gasteiger partial charge in [0, 0.05) is 18.3 Å². The second-order valence-electron chi connectivity index (χ2n) is 6.66. The number of hydrogen-bond donors (Lipinski definition) is 1. The van der Waals surface area contributed by atoms with E-state index < -0.39 is 35.1 Å². The molecule has 2 fully saturated rings. The van der Waals surface area contributed by atoms with Crippen LogP contribution in [0.5, 0.6) is 0 Å². The zero-order chi connectivity index (χ0) is 18.6. The van der Waals surface area contributed by atoms with Crippen LogP contribution >= 0.6 is 0 Å². The Kier molecular flexibility index (Phi) is 4.52. The molecule has 0 aromatic heterocycles. The molecule has 2 unspecified atom stereocenters. The second kappa shape index (κ2) is 6.02. The fraction of sp³-hybridized carbons (Fsp3) is 0.571. The van der Waals surface area contributed by atoms with Gasteiger partial charge in [-0.1, -0.05) is 0 Å². The molecule has 8 nitrogen and oxygen atoms in total. The Morgan fingerprint density at radius 2 is 1.32 bits per heavy atom. The van der Waals surface area contributed by atoms with Crippen LogP contribution < -0.4 is 5.14 Å². The lowest BCUT2D eigenvalue weighted by molar-refractivity contribution is 0.249. The number of hydrogen-bond acceptors (Lipinski definition) is 6. The summed E-state index contributed by atoms with van der Waals surface area (Å²) in [4.78, 5) is -0.181. The molecule has 3 rings (SSSR count). The smallest absolute Gasteiger partial charge is 0.229 e. The Labute approximate surface area is 148 Å². The summed E-state index contributed by atoms with van der Waals surface area (Å²) in [6.45, 7) is 0. The van der Waals surface area contributed by atoms with Crippen molar-refractivity contribution in [3.8, 4) is 0 Å². The maximum absolute atomic E-state index is 13.0. The molecule has 0 radical (unpaired) electrons. The molecule has 1 aromatic carbocycles. The molecule has 0 saturated carbocycles. The van der Waals surface area contributed by atoms with Crippen LogP contribution in [-0.2, 0) is 29.9 Å². The number of nitrogens with zero attached hydrogens (tertiary/aromatic N) is 1. The number of sulfonamides is 2. The van der Waals surface area contributed by atoms with Crippen molar-refractivity contribution in [3.63, 3.8) is 0 Å². The third-order valence-electron chi connectivity index (χ3n) is 4.96. The summed E-state index contributed by atoms with van der Waals surface area (Å²) >= 11 is 0. The van der Waals surface area contributed by atoms with E-state index in [1.807, 2.05) is 0 Å². The van der Waals surface area contributed by atoms with Gasteiger partial charge in [0.25, 0.3) is 0 Å². The van der Waals surface area contributed by atoms with Crippen LogP contribution in [0.3, 0.4) is 0 Å². The molecule has 1 aromatic rings. The van der Waals surface area contributed by atoms with E-state index in [2.05, 4.69) is 0 Å². The minimum Gasteiger partial charge on any atom is -0.229 e. The highest BCUT2D eigenvalue weighted by molar-refractivity contribution is 7.91. The first kappa shape index (κ1) is 18.8. The number of rotatable bonds is 4. The summed E-state index contributed by atoms with van der Waals surface area (Å²) in [6, 6.07) is 4.07. The van der Waals surface area contributed by atoms with Gasteiger partial charge in [-0.15, -0.1) is 0 Å². The number of sulfone groups is 1. The zero-order valence-electron chi connectivity index (χ0n) is 13.6. The highest BCUT2D eigenvalue weighted by Gasteiger charge is 2.49.